The van der Waals surface area contributed by atoms with E-state index in [0.717, 1.165) is 12.1 Å². The third-order valence-corrected chi connectivity index (χ3v) is 13.7. The molecule has 0 aliphatic heterocycles. The molecule has 5 rings (SSSR count). The van der Waals surface area contributed by atoms with E-state index in [0.29, 0.717) is 24.3 Å². The van der Waals surface area contributed by atoms with Crippen molar-refractivity contribution < 1.29 is 84.2 Å². The molecule has 0 atom stereocenters. The van der Waals surface area contributed by atoms with Crippen molar-refractivity contribution in [2.45, 2.75) is 45.2 Å². The van der Waals surface area contributed by atoms with Crippen molar-refractivity contribution >= 4 is 108 Å². The number of hydrogen-bond donors (Lipinski definition) is 8. The average molecular weight is 984 g/mol. The zero-order chi connectivity index (χ0) is 46.2. The van der Waals surface area contributed by atoms with Crippen LogP contribution in [0, 0.1) is 20.8 Å². The summed E-state index contributed by atoms with van der Waals surface area (Å²) >= 11 is 0.170. The van der Waals surface area contributed by atoms with E-state index in [-0.39, 0.29) is 39.9 Å². The highest BCUT2D eigenvalue weighted by Crippen LogP contribution is 2.46. The standard InChI is InChI=1S/C30H29N7O19S6/c1-14-9-24(58(40,41)7-6-54-57-56-55-39)15(2)8-20(14)36-37-27-25(62(51,52)53)11-17-10-19(60(45,46)47)13-22(26(17)28(27)38)34-30-32-16(3)31-29(35-30)33-21-12-18(59(42,43)44)4-5-23(21)61(48,49)50/h4-5,8-13,38-39H,6-7H2,1-3H3,(H,42,43,44)(H,45,46,47)(H,48,49,50)(H,51,52,53)(H2,31,32,33,34,35). The first kappa shape index (κ1) is 48.0. The second-order valence-corrected chi connectivity index (χ2v) is 20.6. The highest BCUT2D eigenvalue weighted by molar-refractivity contribution is 7.91. The first-order valence-corrected chi connectivity index (χ1v) is 24.3. The van der Waals surface area contributed by atoms with Gasteiger partial charge in [0, 0.05) is 5.39 Å². The van der Waals surface area contributed by atoms with Crippen LogP contribution < -0.4 is 10.6 Å². The summed E-state index contributed by atoms with van der Waals surface area (Å²) in [6, 6.07) is 6.57. The zero-order valence-corrected chi connectivity index (χ0v) is 36.1. The number of rotatable bonds is 17. The van der Waals surface area contributed by atoms with Crippen LogP contribution in [0.15, 0.2) is 83.2 Å². The lowest BCUT2D eigenvalue weighted by molar-refractivity contribution is -0.434. The quantitative estimate of drug-likeness (QED) is 0.0160. The van der Waals surface area contributed by atoms with Gasteiger partial charge >= 0.3 is 0 Å². The molecule has 0 radical (unpaired) electrons. The summed E-state index contributed by atoms with van der Waals surface area (Å²) in [6.45, 7) is 3.71. The van der Waals surface area contributed by atoms with Gasteiger partial charge < -0.3 is 15.7 Å². The molecule has 0 saturated heterocycles. The molecule has 334 valence electrons. The Morgan fingerprint density at radius 3 is 1.84 bits per heavy atom. The number of nitrogens with zero attached hydrogens (tertiary/aromatic N) is 5. The summed E-state index contributed by atoms with van der Waals surface area (Å²) < 4.78 is 172. The predicted molar refractivity (Wildman–Crippen MR) is 213 cm³/mol. The number of azo groups is 1. The van der Waals surface area contributed by atoms with E-state index in [1.54, 1.807) is 0 Å². The molecule has 0 bridgehead atoms. The van der Waals surface area contributed by atoms with Gasteiger partial charge in [0.15, 0.2) is 27.9 Å². The Morgan fingerprint density at radius 2 is 1.26 bits per heavy atom. The minimum atomic E-state index is -5.32. The fourth-order valence-corrected chi connectivity index (χ4v) is 9.55. The number of aryl methyl sites for hydroxylation is 3. The smallest absolute Gasteiger partial charge is 0.296 e. The average Bonchev–Trinajstić information content (AvgIpc) is 3.13. The Hall–Kier alpha value is -5.07. The van der Waals surface area contributed by atoms with Crippen LogP contribution in [0.5, 0.6) is 5.75 Å². The van der Waals surface area contributed by atoms with Gasteiger partial charge in [0.25, 0.3) is 40.5 Å². The van der Waals surface area contributed by atoms with Crippen molar-refractivity contribution in [3.63, 3.8) is 0 Å². The lowest BCUT2D eigenvalue weighted by Gasteiger charge is -2.16. The molecule has 5 aromatic rings. The summed E-state index contributed by atoms with van der Waals surface area (Å²) in [4.78, 5) is 8.14. The van der Waals surface area contributed by atoms with Crippen LogP contribution in [-0.4, -0.2) is 98.0 Å². The number of anilines is 4. The Balaban J connectivity index is 1.64. The zero-order valence-electron chi connectivity index (χ0n) is 31.2. The molecule has 0 fully saturated rings. The summed E-state index contributed by atoms with van der Waals surface area (Å²) in [5, 5.41) is 34.9. The second-order valence-electron chi connectivity index (χ2n) is 12.4. The topological polar surface area (TPSA) is 407 Å². The van der Waals surface area contributed by atoms with Gasteiger partial charge in [-0.25, -0.2) is 13.7 Å². The maximum atomic E-state index is 13.0. The van der Waals surface area contributed by atoms with Gasteiger partial charge in [-0.05, 0) is 85.8 Å². The van der Waals surface area contributed by atoms with E-state index in [9.17, 15) is 65.4 Å². The van der Waals surface area contributed by atoms with Crippen LogP contribution in [-0.2, 0) is 63.9 Å². The molecule has 0 aliphatic carbocycles. The third-order valence-electron chi connectivity index (χ3n) is 8.09. The maximum absolute atomic E-state index is 13.0. The van der Waals surface area contributed by atoms with Crippen molar-refractivity contribution in [1.29, 1.82) is 0 Å². The number of nitrogens with one attached hydrogen (secondary N) is 2. The molecule has 26 nitrogen and oxygen atoms in total. The van der Waals surface area contributed by atoms with Crippen molar-refractivity contribution in [1.82, 2.24) is 15.0 Å². The second kappa shape index (κ2) is 18.0. The van der Waals surface area contributed by atoms with Crippen LogP contribution in [0.25, 0.3) is 10.8 Å². The molecule has 0 aliphatic rings. The molecule has 0 spiro atoms. The Labute approximate surface area is 355 Å². The monoisotopic (exact) mass is 983 g/mol. The first-order valence-electron chi connectivity index (χ1n) is 16.3. The molecule has 0 unspecified atom stereocenters. The minimum Gasteiger partial charge on any atom is -0.505 e. The van der Waals surface area contributed by atoms with E-state index in [4.69, 9.17) is 9.44 Å². The van der Waals surface area contributed by atoms with Gasteiger partial charge in [0.1, 0.15) is 21.3 Å². The van der Waals surface area contributed by atoms with Gasteiger partial charge in [-0.1, -0.05) is 5.04 Å². The number of aromatic hydroxyl groups is 1. The molecule has 62 heavy (non-hydrogen) atoms. The van der Waals surface area contributed by atoms with Crippen LogP contribution >= 0.6 is 12.3 Å². The van der Waals surface area contributed by atoms with E-state index in [1.807, 2.05) is 0 Å². The number of sulfone groups is 1. The van der Waals surface area contributed by atoms with Crippen LogP contribution in [0.4, 0.5) is 34.6 Å². The lowest BCUT2D eigenvalue weighted by atomic mass is 10.1. The van der Waals surface area contributed by atoms with Crippen LogP contribution in [0.2, 0.25) is 0 Å². The highest BCUT2D eigenvalue weighted by atomic mass is 32.2. The molecule has 1 aromatic heterocycles. The lowest BCUT2D eigenvalue weighted by Crippen LogP contribution is -2.12. The minimum absolute atomic E-state index is 0.0532. The summed E-state index contributed by atoms with van der Waals surface area (Å²) in [5.74, 6) is -2.87. The molecular weight excluding hydrogens is 955 g/mol. The van der Waals surface area contributed by atoms with Gasteiger partial charge in [-0.3, -0.25) is 22.4 Å². The molecule has 0 saturated carbocycles. The van der Waals surface area contributed by atoms with Crippen LogP contribution in [0.1, 0.15) is 17.0 Å². The third kappa shape index (κ3) is 11.3. The number of phenols is 1. The molecule has 4 aromatic carbocycles. The molecule has 8 N–H and O–H groups in total. The Bertz CT molecular complexity index is 3220. The number of benzene rings is 4. The Kier molecular flexibility index (Phi) is 13.9. The van der Waals surface area contributed by atoms with Crippen LogP contribution in [0.3, 0.4) is 0 Å². The number of fused-ring (bicyclic) bond motifs is 1. The molecule has 1 heterocycles. The van der Waals surface area contributed by atoms with Crippen molar-refractivity contribution in [2.75, 3.05) is 23.0 Å². The first-order chi connectivity index (χ1) is 28.6. The van der Waals surface area contributed by atoms with E-state index in [1.165, 1.54) is 32.9 Å². The van der Waals surface area contributed by atoms with E-state index >= 15 is 0 Å². The number of phenolic OH excluding ortho intramolecular Hbond substituents is 1. The summed E-state index contributed by atoms with van der Waals surface area (Å²) in [7, 11) is -24.4. The fraction of sp³-hybridized carbons (Fsp3) is 0.167. The van der Waals surface area contributed by atoms with Gasteiger partial charge in [-0.2, -0.15) is 53.7 Å². The van der Waals surface area contributed by atoms with E-state index < -0.39 is 128 Å². The largest absolute Gasteiger partial charge is 0.505 e. The SMILES string of the molecule is Cc1nc(Nc2cc(S(=O)(=O)O)ccc2S(=O)(=O)O)nc(Nc2cc(S(=O)(=O)O)cc3cc(S(=O)(=O)O)c(N=Nc4cc(C)c(S(=O)(=O)CCOSOOO)cc4C)c(O)c23)n1. The molecule has 0 amide bonds. The number of hydrogen-bond acceptors (Lipinski definition) is 23. The normalized spacial score (nSPS) is 12.9. The highest BCUT2D eigenvalue weighted by Gasteiger charge is 2.27. The maximum Gasteiger partial charge on any atom is 0.296 e. The Morgan fingerprint density at radius 1 is 0.661 bits per heavy atom. The van der Waals surface area contributed by atoms with E-state index in [2.05, 4.69) is 45.2 Å². The van der Waals surface area contributed by atoms with Gasteiger partial charge in [0.2, 0.25) is 11.9 Å². The number of aromatic nitrogens is 3. The van der Waals surface area contributed by atoms with Crippen molar-refractivity contribution in [2.24, 2.45) is 10.2 Å². The fourth-order valence-electron chi connectivity index (χ4n) is 5.47. The van der Waals surface area contributed by atoms with Crippen molar-refractivity contribution in [3.05, 3.63) is 65.5 Å². The predicted octanol–water partition coefficient (Wildman–Crippen LogP) is 4.32. The van der Waals surface area contributed by atoms with Gasteiger partial charge in [-0.15, -0.1) is 9.45 Å². The molecular formula is C30H29N7O19S6. The summed E-state index contributed by atoms with van der Waals surface area (Å²) in [5.41, 5.74) is -1.82. The van der Waals surface area contributed by atoms with Gasteiger partial charge in [0.05, 0.1) is 44.1 Å². The van der Waals surface area contributed by atoms with Crippen molar-refractivity contribution in [3.8, 4) is 5.75 Å². The summed E-state index contributed by atoms with van der Waals surface area (Å²) in [6.07, 6.45) is 0. The molecule has 32 heteroatoms.